The van der Waals surface area contributed by atoms with Gasteiger partial charge in [-0.05, 0) is 78.1 Å². The molecule has 0 spiro atoms. The van der Waals surface area contributed by atoms with Crippen LogP contribution in [-0.2, 0) is 16.0 Å². The van der Waals surface area contributed by atoms with Gasteiger partial charge in [0.25, 0.3) is 0 Å². The second-order valence-corrected chi connectivity index (χ2v) is 12.6. The van der Waals surface area contributed by atoms with E-state index in [-0.39, 0.29) is 34.6 Å². The number of hydrogen-bond donors (Lipinski definition) is 1. The lowest BCUT2D eigenvalue weighted by molar-refractivity contribution is 0.0206. The summed E-state index contributed by atoms with van der Waals surface area (Å²) < 4.78 is 26.8. The summed E-state index contributed by atoms with van der Waals surface area (Å²) in [6.07, 6.45) is 1.73. The fourth-order valence-electron chi connectivity index (χ4n) is 4.53. The van der Waals surface area contributed by atoms with Gasteiger partial charge in [0.2, 0.25) is 0 Å². The smallest absolute Gasteiger partial charge is 0.416 e. The predicted molar refractivity (Wildman–Crippen MR) is 156 cm³/mol. The fraction of sp³-hybridized carbons (Fsp3) is 0.483. The highest BCUT2D eigenvalue weighted by molar-refractivity contribution is 6.30. The highest BCUT2D eigenvalue weighted by Crippen LogP contribution is 2.28. The molecule has 0 radical (unpaired) electrons. The van der Waals surface area contributed by atoms with Gasteiger partial charge >= 0.3 is 12.2 Å². The number of rotatable bonds is 5. The summed E-state index contributed by atoms with van der Waals surface area (Å²) in [4.78, 5) is 33.8. The van der Waals surface area contributed by atoms with Gasteiger partial charge in [-0.15, -0.1) is 0 Å². The Morgan fingerprint density at radius 3 is 2.52 bits per heavy atom. The van der Waals surface area contributed by atoms with Crippen molar-refractivity contribution in [2.75, 3.05) is 23.3 Å². The zero-order valence-electron chi connectivity index (χ0n) is 24.6. The summed E-state index contributed by atoms with van der Waals surface area (Å²) in [5.74, 6) is 0.0383. The Hall–Kier alpha value is -4.11. The summed E-state index contributed by atoms with van der Waals surface area (Å²) in [7, 11) is 0. The molecule has 3 heterocycles. The third-order valence-corrected chi connectivity index (χ3v) is 6.37. The van der Waals surface area contributed by atoms with Gasteiger partial charge in [0.1, 0.15) is 40.3 Å². The number of nitrogens with one attached hydrogen (secondary N) is 1. The number of ether oxygens (including phenoxy) is 2. The number of carbonyl (C=O) groups is 2. The van der Waals surface area contributed by atoms with E-state index in [2.05, 4.69) is 21.5 Å². The Bertz CT molecular complexity index is 1500. The number of carbonyl (C=O) groups excluding carboxylic acids is 2. The number of nitrogens with zero attached hydrogens (tertiary/aromatic N) is 6. The molecular formula is C29H35ClFN7O4. The first kappa shape index (κ1) is 30.8. The fourth-order valence-corrected chi connectivity index (χ4v) is 4.77. The lowest BCUT2D eigenvalue weighted by Gasteiger charge is -2.34. The predicted octanol–water partition coefficient (Wildman–Crippen LogP) is 6.15. The summed E-state index contributed by atoms with van der Waals surface area (Å²) in [5, 5.41) is 17.6. The number of aromatic nitrogens is 3. The second kappa shape index (κ2) is 12.0. The molecule has 1 aliphatic heterocycles. The number of halogens is 2. The van der Waals surface area contributed by atoms with E-state index in [1.807, 2.05) is 20.8 Å². The largest absolute Gasteiger partial charge is 0.444 e. The van der Waals surface area contributed by atoms with Crippen LogP contribution in [0.5, 0.6) is 0 Å². The van der Waals surface area contributed by atoms with Crippen LogP contribution in [0.25, 0.3) is 5.65 Å². The van der Waals surface area contributed by atoms with Crippen molar-refractivity contribution in [1.29, 1.82) is 5.26 Å². The lowest BCUT2D eigenvalue weighted by Crippen LogP contribution is -2.47. The molecule has 1 saturated heterocycles. The van der Waals surface area contributed by atoms with E-state index in [0.29, 0.717) is 24.5 Å². The Morgan fingerprint density at radius 1 is 1.17 bits per heavy atom. The standard InChI is InChI=1S/C29H35ClFN7O4/c1-28(2,3)41-26(39)36-9-7-8-22(17-36)34-23-13-24(38-25(35-23)19(14-32)15-33-38)37(27(40)42-29(4,5)6)16-18-10-20(30)12-21(31)11-18/h10-13,15,22H,7-9,16-17H2,1-6H3,(H,34,35)/t22-/m0/s1. The molecule has 224 valence electrons. The Labute approximate surface area is 249 Å². The minimum atomic E-state index is -0.836. The number of likely N-dealkylation sites (tertiary alicyclic amines) is 1. The zero-order valence-corrected chi connectivity index (χ0v) is 25.3. The molecule has 11 nitrogen and oxygen atoms in total. The van der Waals surface area contributed by atoms with Crippen LogP contribution in [0, 0.1) is 17.1 Å². The van der Waals surface area contributed by atoms with Crippen LogP contribution in [0.3, 0.4) is 0 Å². The zero-order chi connectivity index (χ0) is 30.8. The molecule has 3 aromatic rings. The van der Waals surface area contributed by atoms with Gasteiger partial charge in [0, 0.05) is 30.2 Å². The summed E-state index contributed by atoms with van der Waals surface area (Å²) in [5.41, 5.74) is -0.638. The maximum absolute atomic E-state index is 14.2. The molecular weight excluding hydrogens is 565 g/mol. The molecule has 0 saturated carbocycles. The van der Waals surface area contributed by atoms with Crippen molar-refractivity contribution in [3.05, 3.63) is 52.4 Å². The van der Waals surface area contributed by atoms with Crippen LogP contribution in [0.4, 0.5) is 25.6 Å². The molecule has 1 fully saturated rings. The van der Waals surface area contributed by atoms with E-state index in [4.69, 9.17) is 21.1 Å². The maximum atomic E-state index is 14.2. The van der Waals surface area contributed by atoms with Crippen molar-refractivity contribution in [2.45, 2.75) is 78.2 Å². The van der Waals surface area contributed by atoms with Gasteiger partial charge in [0.05, 0.1) is 12.7 Å². The number of piperidine rings is 1. The van der Waals surface area contributed by atoms with E-state index in [1.165, 1.54) is 27.7 Å². The Morgan fingerprint density at radius 2 is 1.88 bits per heavy atom. The molecule has 0 aliphatic carbocycles. The number of anilines is 2. The van der Waals surface area contributed by atoms with Crippen molar-refractivity contribution in [1.82, 2.24) is 19.5 Å². The minimum absolute atomic E-state index is 0.109. The van der Waals surface area contributed by atoms with Crippen LogP contribution in [0.15, 0.2) is 30.5 Å². The molecule has 1 aliphatic rings. The highest BCUT2D eigenvalue weighted by atomic mass is 35.5. The molecule has 2 amide bonds. The van der Waals surface area contributed by atoms with Crippen LogP contribution < -0.4 is 10.2 Å². The van der Waals surface area contributed by atoms with Gasteiger partial charge < -0.3 is 19.7 Å². The van der Waals surface area contributed by atoms with E-state index in [0.717, 1.165) is 12.8 Å². The summed E-state index contributed by atoms with van der Waals surface area (Å²) >= 11 is 6.10. The normalized spacial score (nSPS) is 15.7. The van der Waals surface area contributed by atoms with Crippen molar-refractivity contribution in [3.63, 3.8) is 0 Å². The number of nitriles is 1. The monoisotopic (exact) mass is 599 g/mol. The van der Waals surface area contributed by atoms with E-state index >= 15 is 0 Å². The van der Waals surface area contributed by atoms with Gasteiger partial charge in [-0.3, -0.25) is 4.90 Å². The average molecular weight is 600 g/mol. The second-order valence-electron chi connectivity index (χ2n) is 12.2. The SMILES string of the molecule is CC(C)(C)OC(=O)N1CCC[C@H](Nc2cc(N(Cc3cc(F)cc(Cl)c3)C(=O)OC(C)(C)C)n3ncc(C#N)c3n2)C1. The third-order valence-electron chi connectivity index (χ3n) is 6.15. The first-order chi connectivity index (χ1) is 19.6. The van der Waals surface area contributed by atoms with Crippen LogP contribution >= 0.6 is 11.6 Å². The molecule has 42 heavy (non-hydrogen) atoms. The van der Waals surface area contributed by atoms with Gasteiger partial charge in [-0.2, -0.15) is 14.9 Å². The molecule has 0 bridgehead atoms. The van der Waals surface area contributed by atoms with Crippen molar-refractivity contribution < 1.29 is 23.5 Å². The minimum Gasteiger partial charge on any atom is -0.444 e. The maximum Gasteiger partial charge on any atom is 0.416 e. The summed E-state index contributed by atoms with van der Waals surface area (Å²) in [6, 6.07) is 7.51. The van der Waals surface area contributed by atoms with Gasteiger partial charge in [0.15, 0.2) is 5.65 Å². The molecule has 13 heteroatoms. The van der Waals surface area contributed by atoms with E-state index < -0.39 is 29.2 Å². The third kappa shape index (κ3) is 7.79. The van der Waals surface area contributed by atoms with Crippen molar-refractivity contribution >= 4 is 41.1 Å². The topological polar surface area (TPSA) is 125 Å². The molecule has 1 N–H and O–H groups in total. The van der Waals surface area contributed by atoms with Gasteiger partial charge in [-0.25, -0.2) is 19.0 Å². The van der Waals surface area contributed by atoms with Crippen LogP contribution in [0.2, 0.25) is 5.02 Å². The average Bonchev–Trinajstić information content (AvgIpc) is 3.27. The molecule has 4 rings (SSSR count). The first-order valence-electron chi connectivity index (χ1n) is 13.6. The number of fused-ring (bicyclic) bond motifs is 1. The number of benzene rings is 1. The summed E-state index contributed by atoms with van der Waals surface area (Å²) in [6.45, 7) is 11.5. The molecule has 1 aromatic carbocycles. The van der Waals surface area contributed by atoms with Crippen LogP contribution in [0.1, 0.15) is 65.5 Å². The Kier molecular flexibility index (Phi) is 8.82. The quantitative estimate of drug-likeness (QED) is 0.370. The van der Waals surface area contributed by atoms with Crippen molar-refractivity contribution in [2.24, 2.45) is 0 Å². The van der Waals surface area contributed by atoms with Crippen molar-refractivity contribution in [3.8, 4) is 6.07 Å². The van der Waals surface area contributed by atoms with Gasteiger partial charge in [-0.1, -0.05) is 11.6 Å². The first-order valence-corrected chi connectivity index (χ1v) is 14.0. The Balaban J connectivity index is 1.73. The molecule has 0 unspecified atom stereocenters. The van der Waals surface area contributed by atoms with E-state index in [1.54, 1.807) is 37.8 Å². The number of amides is 2. The van der Waals surface area contributed by atoms with E-state index in [9.17, 15) is 19.2 Å². The molecule has 2 aromatic heterocycles. The highest BCUT2D eigenvalue weighted by Gasteiger charge is 2.30. The number of hydrogen-bond acceptors (Lipinski definition) is 8. The van der Waals surface area contributed by atoms with Crippen LogP contribution in [-0.4, -0.2) is 62.0 Å². The molecule has 1 atom stereocenters. The lowest BCUT2D eigenvalue weighted by atomic mass is 10.1.